The quantitative estimate of drug-likeness (QED) is 0.393. The predicted octanol–water partition coefficient (Wildman–Crippen LogP) is 6.59. The van der Waals surface area contributed by atoms with E-state index in [0.717, 1.165) is 28.7 Å². The van der Waals surface area contributed by atoms with Gasteiger partial charge in [0.05, 0.1) is 17.8 Å². The van der Waals surface area contributed by atoms with Crippen molar-refractivity contribution in [2.75, 3.05) is 11.4 Å². The highest BCUT2D eigenvalue weighted by molar-refractivity contribution is 6.74. The van der Waals surface area contributed by atoms with Gasteiger partial charge in [-0.05, 0) is 99.7 Å². The van der Waals surface area contributed by atoms with Crippen LogP contribution < -0.4 is 10.4 Å². The van der Waals surface area contributed by atoms with Crippen molar-refractivity contribution in [2.24, 2.45) is 0 Å². The van der Waals surface area contributed by atoms with Gasteiger partial charge in [0.2, 0.25) is 0 Å². The number of carbonyl (C=O) groups excluding carboxylic acids is 1. The number of hydrogen-bond acceptors (Lipinski definition) is 4. The summed E-state index contributed by atoms with van der Waals surface area (Å²) < 4.78 is 19.7. The Morgan fingerprint density at radius 3 is 2.32 bits per heavy atom. The highest BCUT2D eigenvalue weighted by Crippen LogP contribution is 2.42. The van der Waals surface area contributed by atoms with Crippen molar-refractivity contribution >= 4 is 32.5 Å². The Morgan fingerprint density at radius 2 is 1.71 bits per heavy atom. The monoisotopic (exact) mass is 533 g/mol. The summed E-state index contributed by atoms with van der Waals surface area (Å²) in [6, 6.07) is 12.6. The third-order valence-corrected chi connectivity index (χ3v) is 14.1. The average molecular weight is 534 g/mol. The molecule has 7 heteroatoms. The molecule has 0 atom stereocenters. The van der Waals surface area contributed by atoms with Crippen LogP contribution in [0, 0.1) is 0 Å². The van der Waals surface area contributed by atoms with E-state index < -0.39 is 26.6 Å². The van der Waals surface area contributed by atoms with Crippen LogP contribution >= 0.6 is 0 Å². The molecule has 3 aliphatic rings. The van der Waals surface area contributed by atoms with E-state index in [0.29, 0.717) is 19.1 Å². The van der Waals surface area contributed by atoms with E-state index in [1.807, 2.05) is 17.0 Å². The highest BCUT2D eigenvalue weighted by atomic mass is 28.4. The number of carbonyl (C=O) groups is 1. The summed E-state index contributed by atoms with van der Waals surface area (Å²) in [5.74, 6) is 0.748. The third kappa shape index (κ3) is 4.92. The van der Waals surface area contributed by atoms with Crippen molar-refractivity contribution in [2.45, 2.75) is 110 Å². The molecule has 2 heterocycles. The van der Waals surface area contributed by atoms with Gasteiger partial charge in [0.25, 0.3) is 5.91 Å². The molecule has 2 aromatic rings. The fourth-order valence-corrected chi connectivity index (χ4v) is 6.01. The number of rotatable bonds is 6. The lowest BCUT2D eigenvalue weighted by Gasteiger charge is -2.37. The van der Waals surface area contributed by atoms with E-state index in [-0.39, 0.29) is 10.9 Å². The average Bonchev–Trinajstić information content (AvgIpc) is 3.64. The first kappa shape index (κ1) is 27.6. The maximum atomic E-state index is 13.9. The topological polar surface area (TPSA) is 48.0 Å². The summed E-state index contributed by atoms with van der Waals surface area (Å²) in [4.78, 5) is 15.8. The Hall–Kier alpha value is -1.93. The van der Waals surface area contributed by atoms with Gasteiger partial charge in [-0.2, -0.15) is 0 Å². The normalized spacial score (nSPS) is 21.1. The van der Waals surface area contributed by atoms with E-state index in [1.54, 1.807) is 0 Å². The largest absolute Gasteiger partial charge is 0.495 e. The van der Waals surface area contributed by atoms with Crippen LogP contribution in [-0.2, 0) is 26.8 Å². The second-order valence-corrected chi connectivity index (χ2v) is 18.7. The van der Waals surface area contributed by atoms with Gasteiger partial charge in [0.15, 0.2) is 8.32 Å². The lowest BCUT2D eigenvalue weighted by Crippen LogP contribution is -2.44. The van der Waals surface area contributed by atoms with E-state index >= 15 is 0 Å². The van der Waals surface area contributed by atoms with Gasteiger partial charge in [0, 0.05) is 23.4 Å². The summed E-state index contributed by atoms with van der Waals surface area (Å²) in [5.41, 5.74) is 5.31. The second-order valence-electron chi connectivity index (χ2n) is 13.9. The molecule has 38 heavy (non-hydrogen) atoms. The lowest BCUT2D eigenvalue weighted by molar-refractivity contribution is 0.00578. The van der Waals surface area contributed by atoms with Gasteiger partial charge in [-0.3, -0.25) is 4.79 Å². The van der Waals surface area contributed by atoms with Gasteiger partial charge in [-0.25, -0.2) is 0 Å². The second kappa shape index (κ2) is 9.33. The number of fused-ring (bicyclic) bond motifs is 1. The van der Waals surface area contributed by atoms with Crippen LogP contribution in [0.1, 0.15) is 94.3 Å². The van der Waals surface area contributed by atoms with Crippen LogP contribution in [0.25, 0.3) is 0 Å². The third-order valence-electron chi connectivity index (χ3n) is 9.63. The van der Waals surface area contributed by atoms with Crippen LogP contribution in [0.5, 0.6) is 0 Å². The molecule has 0 spiro atoms. The fraction of sp³-hybridized carbons (Fsp3) is 0.581. The van der Waals surface area contributed by atoms with Gasteiger partial charge in [-0.15, -0.1) is 0 Å². The molecule has 0 N–H and O–H groups in total. The maximum Gasteiger partial charge on any atom is 0.495 e. The predicted molar refractivity (Wildman–Crippen MR) is 158 cm³/mol. The standard InChI is InChI=1S/C31H44BNO4Si/c1-29(2,3)38(8,9)35-20-25-26(32-36-30(4,5)31(6,7)37-32)11-10-12-27(25)33-18-17-23-19-22(21-13-14-21)15-16-24(23)28(33)34/h10-12,15-16,19,21H,13-14,17-18,20H2,1-9H3. The fourth-order valence-electron chi connectivity index (χ4n) is 5.07. The van der Waals surface area contributed by atoms with Gasteiger partial charge in [0.1, 0.15) is 0 Å². The zero-order valence-electron chi connectivity index (χ0n) is 24.7. The molecule has 1 aliphatic carbocycles. The summed E-state index contributed by atoms with van der Waals surface area (Å²) in [6.45, 7) is 20.7. The van der Waals surface area contributed by atoms with Crippen molar-refractivity contribution in [3.05, 3.63) is 58.7 Å². The maximum absolute atomic E-state index is 13.9. The van der Waals surface area contributed by atoms with Crippen molar-refractivity contribution in [3.8, 4) is 0 Å². The number of anilines is 1. The number of hydrogen-bond donors (Lipinski definition) is 0. The minimum absolute atomic E-state index is 0.0632. The van der Waals surface area contributed by atoms with E-state index in [1.165, 1.54) is 24.0 Å². The summed E-state index contributed by atoms with van der Waals surface area (Å²) in [6.07, 6.45) is 3.38. The summed E-state index contributed by atoms with van der Waals surface area (Å²) >= 11 is 0. The van der Waals surface area contributed by atoms with E-state index in [9.17, 15) is 4.79 Å². The van der Waals surface area contributed by atoms with Gasteiger partial charge < -0.3 is 18.6 Å². The van der Waals surface area contributed by atoms with Crippen molar-refractivity contribution in [3.63, 3.8) is 0 Å². The van der Waals surface area contributed by atoms with Crippen LogP contribution in [0.15, 0.2) is 36.4 Å². The molecule has 0 aromatic heterocycles. The zero-order valence-corrected chi connectivity index (χ0v) is 25.7. The molecule has 1 saturated heterocycles. The first-order valence-corrected chi connectivity index (χ1v) is 17.1. The van der Waals surface area contributed by atoms with Crippen molar-refractivity contribution < 1.29 is 18.5 Å². The number of nitrogens with zero attached hydrogens (tertiary/aromatic N) is 1. The molecule has 5 nitrogen and oxygen atoms in total. The minimum Gasteiger partial charge on any atom is -0.412 e. The summed E-state index contributed by atoms with van der Waals surface area (Å²) in [7, 11) is -2.57. The van der Waals surface area contributed by atoms with Crippen LogP contribution in [0.2, 0.25) is 18.1 Å². The summed E-state index contributed by atoms with van der Waals surface area (Å²) in [5, 5.41) is 0.0750. The Balaban J connectivity index is 1.53. The molecule has 2 aliphatic heterocycles. The van der Waals surface area contributed by atoms with Gasteiger partial charge >= 0.3 is 7.12 Å². The Labute approximate surface area is 230 Å². The van der Waals surface area contributed by atoms with E-state index in [2.05, 4.69) is 85.8 Å². The number of amides is 1. The van der Waals surface area contributed by atoms with Crippen molar-refractivity contribution in [1.82, 2.24) is 0 Å². The molecule has 0 unspecified atom stereocenters. The molecule has 2 fully saturated rings. The van der Waals surface area contributed by atoms with Crippen LogP contribution in [0.4, 0.5) is 5.69 Å². The Kier molecular flexibility index (Phi) is 6.78. The molecule has 5 rings (SSSR count). The van der Waals surface area contributed by atoms with Crippen LogP contribution in [0.3, 0.4) is 0 Å². The number of benzene rings is 2. The SMILES string of the molecule is CC1(C)OB(c2cccc(N3CCc4cc(C5CC5)ccc4C3=O)c2CO[Si](C)(C)C(C)(C)C)OC1(C)C. The lowest BCUT2D eigenvalue weighted by atomic mass is 9.75. The molecule has 1 amide bonds. The molecule has 1 saturated carbocycles. The molecular formula is C31H44BNO4Si. The molecular weight excluding hydrogens is 489 g/mol. The van der Waals surface area contributed by atoms with Crippen molar-refractivity contribution in [1.29, 1.82) is 0 Å². The Morgan fingerprint density at radius 1 is 1.05 bits per heavy atom. The highest BCUT2D eigenvalue weighted by Gasteiger charge is 2.52. The molecule has 2 aromatic carbocycles. The first-order valence-electron chi connectivity index (χ1n) is 14.2. The molecule has 0 radical (unpaired) electrons. The first-order chi connectivity index (χ1) is 17.6. The van der Waals surface area contributed by atoms with E-state index in [4.69, 9.17) is 13.7 Å². The minimum atomic E-state index is -2.05. The van der Waals surface area contributed by atoms with Gasteiger partial charge in [-0.1, -0.05) is 45.0 Å². The molecule has 0 bridgehead atoms. The molecule has 204 valence electrons. The Bertz CT molecular complexity index is 1230. The zero-order chi connectivity index (χ0) is 27.7. The van der Waals surface area contributed by atoms with Crippen LogP contribution in [-0.4, -0.2) is 39.1 Å². The smallest absolute Gasteiger partial charge is 0.412 e.